The summed E-state index contributed by atoms with van der Waals surface area (Å²) in [4.78, 5) is 11.4. The van der Waals surface area contributed by atoms with E-state index in [-0.39, 0.29) is 11.6 Å². The van der Waals surface area contributed by atoms with Crippen LogP contribution in [-0.4, -0.2) is 24.8 Å². The van der Waals surface area contributed by atoms with E-state index in [1.54, 1.807) is 6.07 Å². The minimum Gasteiger partial charge on any atom is -0.462 e. The fourth-order valence-corrected chi connectivity index (χ4v) is 1.22. The van der Waals surface area contributed by atoms with Crippen LogP contribution in [0.5, 0.6) is 0 Å². The highest BCUT2D eigenvalue weighted by molar-refractivity contribution is 5.90. The summed E-state index contributed by atoms with van der Waals surface area (Å²) in [6.07, 6.45) is 0.859. The third kappa shape index (κ3) is 5.32. The molecule has 2 rings (SSSR count). The van der Waals surface area contributed by atoms with Crippen LogP contribution in [0.25, 0.3) is 0 Å². The zero-order valence-electron chi connectivity index (χ0n) is 11.7. The van der Waals surface area contributed by atoms with Gasteiger partial charge >= 0.3 is 5.97 Å². The van der Waals surface area contributed by atoms with Crippen LogP contribution in [0.1, 0.15) is 43.1 Å². The Morgan fingerprint density at radius 1 is 1.39 bits per heavy atom. The average Bonchev–Trinajstić information content (AvgIpc) is 3.03. The van der Waals surface area contributed by atoms with Crippen molar-refractivity contribution in [3.8, 4) is 0 Å². The van der Waals surface area contributed by atoms with Crippen LogP contribution in [0.2, 0.25) is 0 Å². The number of ether oxygens (including phenoxy) is 2. The van der Waals surface area contributed by atoms with Crippen molar-refractivity contribution in [2.24, 2.45) is 0 Å². The molecule has 3 heteroatoms. The first-order valence-corrected chi connectivity index (χ1v) is 6.33. The van der Waals surface area contributed by atoms with E-state index in [9.17, 15) is 4.79 Å². The molecule has 0 aromatic heterocycles. The molecule has 0 spiro atoms. The second-order valence-electron chi connectivity index (χ2n) is 5.00. The van der Waals surface area contributed by atoms with Crippen molar-refractivity contribution in [1.82, 2.24) is 0 Å². The van der Waals surface area contributed by atoms with Crippen LogP contribution >= 0.6 is 0 Å². The van der Waals surface area contributed by atoms with Crippen molar-refractivity contribution in [3.63, 3.8) is 0 Å². The van der Waals surface area contributed by atoms with Gasteiger partial charge in [0.05, 0.1) is 24.4 Å². The number of epoxide rings is 1. The van der Waals surface area contributed by atoms with Crippen molar-refractivity contribution in [1.29, 1.82) is 0 Å². The maximum absolute atomic E-state index is 11.4. The van der Waals surface area contributed by atoms with E-state index >= 15 is 0 Å². The molecular weight excluding hydrogens is 228 g/mol. The quantitative estimate of drug-likeness (QED) is 0.610. The Morgan fingerprint density at radius 2 is 1.94 bits per heavy atom. The Balaban J connectivity index is 0.000000269. The predicted molar refractivity (Wildman–Crippen MR) is 71.8 cm³/mol. The first kappa shape index (κ1) is 14.7. The number of aryl methyl sites for hydroxylation is 1. The van der Waals surface area contributed by atoms with Crippen molar-refractivity contribution in [2.45, 2.75) is 39.7 Å². The Bertz CT molecular complexity index is 390. The fourth-order valence-electron chi connectivity index (χ4n) is 1.22. The number of hydrogen-bond acceptors (Lipinski definition) is 3. The molecule has 0 atom stereocenters. The second-order valence-corrected chi connectivity index (χ2v) is 5.00. The maximum atomic E-state index is 11.4. The first-order valence-electron chi connectivity index (χ1n) is 6.33. The molecule has 1 aliphatic heterocycles. The van der Waals surface area contributed by atoms with Gasteiger partial charge in [-0.1, -0.05) is 25.1 Å². The predicted octanol–water partition coefficient (Wildman–Crippen LogP) is 3.36. The van der Waals surface area contributed by atoms with Crippen molar-refractivity contribution >= 4 is 5.97 Å². The molecular formula is C15H22O3. The monoisotopic (exact) mass is 250 g/mol. The molecule has 18 heavy (non-hydrogen) atoms. The minimum absolute atomic E-state index is 0.222. The lowest BCUT2D eigenvalue weighted by Gasteiger charge is -2.04. The Hall–Kier alpha value is -1.35. The number of hydrogen-bond donors (Lipinski definition) is 0. The average molecular weight is 250 g/mol. The minimum atomic E-state index is -0.222. The zero-order valence-corrected chi connectivity index (χ0v) is 11.7. The highest BCUT2D eigenvalue weighted by Gasteiger charge is 2.32. The molecule has 0 bridgehead atoms. The van der Waals surface area contributed by atoms with Gasteiger partial charge in [0.2, 0.25) is 0 Å². The lowest BCUT2D eigenvalue weighted by Crippen LogP contribution is -2.07. The summed E-state index contributed by atoms with van der Waals surface area (Å²) >= 11 is 0. The maximum Gasteiger partial charge on any atom is 0.338 e. The highest BCUT2D eigenvalue weighted by atomic mass is 16.6. The molecule has 100 valence electrons. The Morgan fingerprint density at radius 3 is 2.39 bits per heavy atom. The van der Waals surface area contributed by atoms with E-state index in [1.807, 2.05) is 32.0 Å². The third-order valence-electron chi connectivity index (χ3n) is 2.52. The van der Waals surface area contributed by atoms with E-state index in [0.29, 0.717) is 12.2 Å². The molecule has 0 amide bonds. The van der Waals surface area contributed by atoms with Gasteiger partial charge in [-0.2, -0.15) is 0 Å². The van der Waals surface area contributed by atoms with Gasteiger partial charge < -0.3 is 9.47 Å². The van der Waals surface area contributed by atoms with Crippen LogP contribution in [0.4, 0.5) is 0 Å². The van der Waals surface area contributed by atoms with E-state index in [1.165, 1.54) is 0 Å². The highest BCUT2D eigenvalue weighted by Crippen LogP contribution is 2.23. The van der Waals surface area contributed by atoms with E-state index in [4.69, 9.17) is 9.47 Å². The lowest BCUT2D eigenvalue weighted by molar-refractivity contribution is 0.0504. The largest absolute Gasteiger partial charge is 0.462 e. The molecule has 3 nitrogen and oxygen atoms in total. The summed E-state index contributed by atoms with van der Waals surface area (Å²) in [6, 6.07) is 7.44. The Kier molecular flexibility index (Phi) is 5.35. The van der Waals surface area contributed by atoms with Crippen molar-refractivity contribution in [2.75, 3.05) is 13.2 Å². The SMILES string of the molecule is CC1(C)CO1.CCCOC(=O)c1ccccc1C. The van der Waals surface area contributed by atoms with Crippen LogP contribution in [0, 0.1) is 6.92 Å². The summed E-state index contributed by atoms with van der Waals surface area (Å²) in [5.74, 6) is -0.222. The molecule has 0 aliphatic carbocycles. The molecule has 1 aromatic rings. The molecule has 0 unspecified atom stereocenters. The number of carbonyl (C=O) groups is 1. The van der Waals surface area contributed by atoms with Gasteiger partial charge in [-0.15, -0.1) is 0 Å². The van der Waals surface area contributed by atoms with E-state index in [2.05, 4.69) is 13.8 Å². The molecule has 1 heterocycles. The van der Waals surface area contributed by atoms with Gasteiger partial charge in [0.15, 0.2) is 0 Å². The zero-order chi connectivity index (χ0) is 13.6. The molecule has 1 fully saturated rings. The van der Waals surface area contributed by atoms with Gasteiger partial charge in [0, 0.05) is 0 Å². The lowest BCUT2D eigenvalue weighted by atomic mass is 10.1. The number of esters is 1. The number of rotatable bonds is 3. The van der Waals surface area contributed by atoms with Crippen molar-refractivity contribution < 1.29 is 14.3 Å². The smallest absolute Gasteiger partial charge is 0.338 e. The normalized spacial score (nSPS) is 15.3. The second kappa shape index (κ2) is 6.55. The van der Waals surface area contributed by atoms with E-state index < -0.39 is 0 Å². The molecule has 0 N–H and O–H groups in total. The number of carbonyl (C=O) groups excluding carboxylic acids is 1. The standard InChI is InChI=1S/C11H14O2.C4H8O/c1-3-8-13-11(12)10-7-5-4-6-9(10)2;1-4(2)3-5-4/h4-7H,3,8H2,1-2H3;3H2,1-2H3. The number of benzene rings is 1. The summed E-state index contributed by atoms with van der Waals surface area (Å²) in [6.45, 7) is 9.48. The Labute approximate surface area is 109 Å². The first-order chi connectivity index (χ1) is 8.46. The van der Waals surface area contributed by atoms with Gasteiger partial charge in [-0.25, -0.2) is 4.79 Å². The summed E-state index contributed by atoms with van der Waals surface area (Å²) in [7, 11) is 0. The molecule has 1 aliphatic rings. The van der Waals surface area contributed by atoms with Crippen LogP contribution in [0.15, 0.2) is 24.3 Å². The van der Waals surface area contributed by atoms with Gasteiger partial charge in [0.1, 0.15) is 0 Å². The molecule has 0 radical (unpaired) electrons. The fraction of sp³-hybridized carbons (Fsp3) is 0.533. The summed E-state index contributed by atoms with van der Waals surface area (Å²) in [5.41, 5.74) is 1.87. The summed E-state index contributed by atoms with van der Waals surface area (Å²) in [5, 5.41) is 0. The van der Waals surface area contributed by atoms with Crippen molar-refractivity contribution in [3.05, 3.63) is 35.4 Å². The van der Waals surface area contributed by atoms with Gasteiger partial charge in [-0.05, 0) is 38.8 Å². The summed E-state index contributed by atoms with van der Waals surface area (Å²) < 4.78 is 9.91. The molecule has 1 aromatic carbocycles. The third-order valence-corrected chi connectivity index (χ3v) is 2.52. The van der Waals surface area contributed by atoms with Gasteiger partial charge in [0.25, 0.3) is 0 Å². The van der Waals surface area contributed by atoms with E-state index in [0.717, 1.165) is 18.6 Å². The van der Waals surface area contributed by atoms with Crippen LogP contribution in [0.3, 0.4) is 0 Å². The van der Waals surface area contributed by atoms with Crippen LogP contribution < -0.4 is 0 Å². The van der Waals surface area contributed by atoms with Gasteiger partial charge in [-0.3, -0.25) is 0 Å². The molecule has 1 saturated heterocycles. The topological polar surface area (TPSA) is 38.8 Å². The van der Waals surface area contributed by atoms with Crippen LogP contribution in [-0.2, 0) is 9.47 Å². The molecule has 0 saturated carbocycles.